The highest BCUT2D eigenvalue weighted by Gasteiger charge is 2.65. The van der Waals surface area contributed by atoms with E-state index in [0.717, 1.165) is 16.9 Å². The zero-order valence-electron chi connectivity index (χ0n) is 18.9. The summed E-state index contributed by atoms with van der Waals surface area (Å²) in [6, 6.07) is 10.2. The molecule has 2 aromatic heterocycles. The van der Waals surface area contributed by atoms with E-state index in [1.54, 1.807) is 30.3 Å². The van der Waals surface area contributed by atoms with Gasteiger partial charge in [-0.3, -0.25) is 4.90 Å². The molecule has 1 saturated carbocycles. The number of rotatable bonds is 5. The number of amides is 1. The summed E-state index contributed by atoms with van der Waals surface area (Å²) in [5.41, 5.74) is 3.06. The zero-order valence-corrected chi connectivity index (χ0v) is 20.4. The van der Waals surface area contributed by atoms with Crippen LogP contribution in [0.3, 0.4) is 0 Å². The van der Waals surface area contributed by atoms with Gasteiger partial charge in [-0.1, -0.05) is 11.3 Å². The molecule has 0 N–H and O–H groups in total. The van der Waals surface area contributed by atoms with Crippen LogP contribution in [0, 0.1) is 12.7 Å². The molecule has 2 aliphatic rings. The van der Waals surface area contributed by atoms with Crippen LogP contribution in [0.1, 0.15) is 18.2 Å². The number of carbonyl (C=O) groups excluding carboxylic acids is 1. The number of aryl methyl sites for hydroxylation is 1. The summed E-state index contributed by atoms with van der Waals surface area (Å²) in [5.74, 6) is 0.244. The SMILES string of the molecule is COc1cc(-c2cn([C@@H]3CC34CN(c3ccc(Br)c(F)c3)C(=O)O4)nn2)ccc1-n1cnc(C)c1. The second kappa shape index (κ2) is 7.91. The number of hydrogen-bond donors (Lipinski definition) is 0. The number of ether oxygens (including phenoxy) is 2. The van der Waals surface area contributed by atoms with E-state index in [1.165, 1.54) is 11.0 Å². The molecule has 1 saturated heterocycles. The van der Waals surface area contributed by atoms with Crippen molar-refractivity contribution in [3.05, 3.63) is 71.1 Å². The van der Waals surface area contributed by atoms with Gasteiger partial charge in [0.15, 0.2) is 5.60 Å². The Morgan fingerprint density at radius 2 is 2.09 bits per heavy atom. The van der Waals surface area contributed by atoms with E-state index in [-0.39, 0.29) is 6.04 Å². The van der Waals surface area contributed by atoms with Crippen molar-refractivity contribution in [2.24, 2.45) is 0 Å². The first kappa shape index (κ1) is 21.8. The van der Waals surface area contributed by atoms with Gasteiger partial charge in [0, 0.05) is 18.2 Å². The number of methoxy groups -OCH3 is 1. The lowest BCUT2D eigenvalue weighted by molar-refractivity contribution is 0.118. The standard InChI is InChI=1S/C24H20BrFN6O3/c1-14-10-30(13-27-14)20-6-3-15(7-21(20)34-2)19-11-32(29-28-19)22-9-24(22)12-31(23(33)35-24)16-4-5-17(25)18(26)8-16/h3-8,10-11,13,22H,9,12H2,1-2H3/t22-,24?/m1/s1. The summed E-state index contributed by atoms with van der Waals surface area (Å²) in [6.07, 6.45) is 5.62. The Hall–Kier alpha value is -3.73. The molecule has 1 amide bonds. The summed E-state index contributed by atoms with van der Waals surface area (Å²) in [6.45, 7) is 2.25. The fraction of sp³-hybridized carbons (Fsp3) is 0.250. The minimum absolute atomic E-state index is 0.145. The number of benzene rings is 2. The topological polar surface area (TPSA) is 87.3 Å². The largest absolute Gasteiger partial charge is 0.495 e. The molecule has 35 heavy (non-hydrogen) atoms. The van der Waals surface area contributed by atoms with Gasteiger partial charge in [-0.15, -0.1) is 5.10 Å². The molecular formula is C24H20BrFN6O3. The van der Waals surface area contributed by atoms with Crippen molar-refractivity contribution < 1.29 is 18.7 Å². The Bertz CT molecular complexity index is 1470. The van der Waals surface area contributed by atoms with E-state index in [0.29, 0.717) is 34.6 Å². The maximum absolute atomic E-state index is 14.0. The van der Waals surface area contributed by atoms with E-state index < -0.39 is 17.5 Å². The average molecular weight is 539 g/mol. The predicted octanol–water partition coefficient (Wildman–Crippen LogP) is 4.69. The van der Waals surface area contributed by atoms with Crippen molar-refractivity contribution in [2.75, 3.05) is 18.6 Å². The Balaban J connectivity index is 1.22. The second-order valence-electron chi connectivity index (χ2n) is 8.73. The van der Waals surface area contributed by atoms with E-state index >= 15 is 0 Å². The number of aromatic nitrogens is 5. The van der Waals surface area contributed by atoms with Crippen molar-refractivity contribution in [3.63, 3.8) is 0 Å². The minimum atomic E-state index is -0.702. The summed E-state index contributed by atoms with van der Waals surface area (Å²) in [5, 5.41) is 8.63. The Labute approximate surface area is 208 Å². The lowest BCUT2D eigenvalue weighted by atomic mass is 10.1. The molecule has 4 aromatic rings. The molecule has 6 rings (SSSR count). The highest BCUT2D eigenvalue weighted by atomic mass is 79.9. The normalized spacial score (nSPS) is 21.0. The first-order valence-corrected chi connectivity index (χ1v) is 11.7. The number of imidazole rings is 1. The molecule has 2 atom stereocenters. The summed E-state index contributed by atoms with van der Waals surface area (Å²) in [4.78, 5) is 18.3. The molecule has 2 fully saturated rings. The lowest BCUT2D eigenvalue weighted by Gasteiger charge is -2.13. The molecule has 11 heteroatoms. The van der Waals surface area contributed by atoms with Gasteiger partial charge >= 0.3 is 6.09 Å². The van der Waals surface area contributed by atoms with Crippen LogP contribution in [-0.4, -0.2) is 49.9 Å². The van der Waals surface area contributed by atoms with Gasteiger partial charge in [0.25, 0.3) is 0 Å². The zero-order chi connectivity index (χ0) is 24.3. The third-order valence-electron chi connectivity index (χ3n) is 6.43. The van der Waals surface area contributed by atoms with Crippen LogP contribution in [0.25, 0.3) is 16.9 Å². The predicted molar refractivity (Wildman–Crippen MR) is 128 cm³/mol. The maximum atomic E-state index is 14.0. The average Bonchev–Trinajstić information content (AvgIpc) is 3.22. The fourth-order valence-corrected chi connectivity index (χ4v) is 4.74. The van der Waals surface area contributed by atoms with Crippen molar-refractivity contribution in [1.82, 2.24) is 24.5 Å². The number of anilines is 1. The van der Waals surface area contributed by atoms with Gasteiger partial charge in [-0.2, -0.15) is 0 Å². The molecule has 178 valence electrons. The van der Waals surface area contributed by atoms with Crippen molar-refractivity contribution in [3.8, 4) is 22.7 Å². The number of hydrogen-bond acceptors (Lipinski definition) is 6. The van der Waals surface area contributed by atoms with Crippen LogP contribution in [0.4, 0.5) is 14.9 Å². The monoisotopic (exact) mass is 538 g/mol. The molecule has 2 aromatic carbocycles. The Kier molecular flexibility index (Phi) is 4.92. The van der Waals surface area contributed by atoms with Gasteiger partial charge in [-0.05, 0) is 53.2 Å². The van der Waals surface area contributed by atoms with Crippen molar-refractivity contribution in [1.29, 1.82) is 0 Å². The number of nitrogens with zero attached hydrogens (tertiary/aromatic N) is 6. The van der Waals surface area contributed by atoms with E-state index in [2.05, 4.69) is 31.2 Å². The van der Waals surface area contributed by atoms with Crippen LogP contribution < -0.4 is 9.64 Å². The van der Waals surface area contributed by atoms with E-state index in [1.807, 2.05) is 42.1 Å². The Morgan fingerprint density at radius 1 is 1.23 bits per heavy atom. The van der Waals surface area contributed by atoms with Crippen molar-refractivity contribution in [2.45, 2.75) is 25.0 Å². The molecule has 3 heterocycles. The van der Waals surface area contributed by atoms with Crippen molar-refractivity contribution >= 4 is 27.7 Å². The molecule has 1 spiro atoms. The smallest absolute Gasteiger partial charge is 0.415 e. The van der Waals surface area contributed by atoms with E-state index in [9.17, 15) is 9.18 Å². The van der Waals surface area contributed by atoms with Crippen LogP contribution >= 0.6 is 15.9 Å². The lowest BCUT2D eigenvalue weighted by Crippen LogP contribution is -2.26. The highest BCUT2D eigenvalue weighted by Crippen LogP contribution is 2.54. The molecule has 0 bridgehead atoms. The molecule has 1 unspecified atom stereocenters. The summed E-state index contributed by atoms with van der Waals surface area (Å²) >= 11 is 3.14. The van der Waals surface area contributed by atoms with E-state index in [4.69, 9.17) is 9.47 Å². The van der Waals surface area contributed by atoms with Crippen LogP contribution in [0.15, 0.2) is 59.6 Å². The molecule has 0 radical (unpaired) electrons. The Morgan fingerprint density at radius 3 is 2.83 bits per heavy atom. The quantitative estimate of drug-likeness (QED) is 0.366. The molecule has 1 aliphatic heterocycles. The number of halogens is 2. The molecular weight excluding hydrogens is 519 g/mol. The van der Waals surface area contributed by atoms with Gasteiger partial charge in [0.1, 0.15) is 17.3 Å². The van der Waals surface area contributed by atoms with Gasteiger partial charge in [0.05, 0.1) is 53.8 Å². The van der Waals surface area contributed by atoms with Crippen LogP contribution in [0.5, 0.6) is 5.75 Å². The summed E-state index contributed by atoms with van der Waals surface area (Å²) < 4.78 is 29.3. The maximum Gasteiger partial charge on any atom is 0.415 e. The van der Waals surface area contributed by atoms with Gasteiger partial charge in [-0.25, -0.2) is 18.9 Å². The molecule has 9 nitrogen and oxygen atoms in total. The third-order valence-corrected chi connectivity index (χ3v) is 7.08. The third kappa shape index (κ3) is 3.66. The molecule has 1 aliphatic carbocycles. The first-order valence-electron chi connectivity index (χ1n) is 10.9. The second-order valence-corrected chi connectivity index (χ2v) is 9.58. The first-order chi connectivity index (χ1) is 16.9. The fourth-order valence-electron chi connectivity index (χ4n) is 4.49. The van der Waals surface area contributed by atoms with Gasteiger partial charge < -0.3 is 14.0 Å². The van der Waals surface area contributed by atoms with Gasteiger partial charge in [0.2, 0.25) is 0 Å². The minimum Gasteiger partial charge on any atom is -0.495 e. The van der Waals surface area contributed by atoms with Crippen LogP contribution in [-0.2, 0) is 4.74 Å². The highest BCUT2D eigenvalue weighted by molar-refractivity contribution is 9.10. The number of carbonyl (C=O) groups is 1. The summed E-state index contributed by atoms with van der Waals surface area (Å²) in [7, 11) is 1.62. The van der Waals surface area contributed by atoms with Crippen LogP contribution in [0.2, 0.25) is 0 Å².